The molecule has 0 unspecified atom stereocenters. The highest BCUT2D eigenvalue weighted by molar-refractivity contribution is 5.39. The van der Waals surface area contributed by atoms with Crippen LogP contribution < -0.4 is 10.5 Å². The fourth-order valence-corrected chi connectivity index (χ4v) is 3.44. The Hall–Kier alpha value is -1.02. The summed E-state index contributed by atoms with van der Waals surface area (Å²) in [6, 6.07) is 6.77. The fourth-order valence-electron chi connectivity index (χ4n) is 3.44. The van der Waals surface area contributed by atoms with Crippen molar-refractivity contribution in [1.82, 2.24) is 0 Å². The third-order valence-corrected chi connectivity index (χ3v) is 4.58. The first kappa shape index (κ1) is 13.0. The number of hydrogen-bond donors (Lipinski definition) is 1. The summed E-state index contributed by atoms with van der Waals surface area (Å²) in [4.78, 5) is 0. The van der Waals surface area contributed by atoms with Gasteiger partial charge in [-0.3, -0.25) is 0 Å². The number of benzene rings is 1. The lowest BCUT2D eigenvalue weighted by Crippen LogP contribution is -2.19. The molecule has 1 aromatic carbocycles. The lowest BCUT2D eigenvalue weighted by molar-refractivity contribution is 0.183. The molecule has 0 bridgehead atoms. The molecule has 0 saturated heterocycles. The van der Waals surface area contributed by atoms with Gasteiger partial charge in [0.25, 0.3) is 0 Å². The molecule has 0 aliphatic heterocycles. The van der Waals surface area contributed by atoms with Gasteiger partial charge in [0.15, 0.2) is 0 Å². The maximum absolute atomic E-state index is 6.22. The topological polar surface area (TPSA) is 35.2 Å². The van der Waals surface area contributed by atoms with Crippen LogP contribution in [-0.4, -0.2) is 6.10 Å². The van der Waals surface area contributed by atoms with Crippen molar-refractivity contribution < 1.29 is 4.74 Å². The van der Waals surface area contributed by atoms with Gasteiger partial charge in [-0.05, 0) is 68.2 Å². The smallest absolute Gasteiger partial charge is 0.120 e. The largest absolute Gasteiger partial charge is 0.490 e. The van der Waals surface area contributed by atoms with E-state index < -0.39 is 0 Å². The van der Waals surface area contributed by atoms with Gasteiger partial charge in [0.2, 0.25) is 0 Å². The Bertz CT molecular complexity index is 421. The summed E-state index contributed by atoms with van der Waals surface area (Å²) < 4.78 is 6.19. The molecule has 0 heterocycles. The molecule has 2 nitrogen and oxygen atoms in total. The van der Waals surface area contributed by atoms with Gasteiger partial charge in [-0.15, -0.1) is 0 Å². The number of rotatable bonds is 2. The molecule has 1 saturated carbocycles. The van der Waals surface area contributed by atoms with Gasteiger partial charge in [-0.2, -0.15) is 0 Å². The van der Waals surface area contributed by atoms with Crippen LogP contribution in [0, 0.1) is 0 Å². The van der Waals surface area contributed by atoms with Gasteiger partial charge in [0, 0.05) is 6.04 Å². The quantitative estimate of drug-likeness (QED) is 0.811. The van der Waals surface area contributed by atoms with Gasteiger partial charge in [0.1, 0.15) is 5.75 Å². The van der Waals surface area contributed by atoms with E-state index in [0.29, 0.717) is 6.10 Å². The van der Waals surface area contributed by atoms with Crippen LogP contribution >= 0.6 is 0 Å². The van der Waals surface area contributed by atoms with Gasteiger partial charge in [0.05, 0.1) is 6.10 Å². The molecule has 2 N–H and O–H groups in total. The Kier molecular flexibility index (Phi) is 4.07. The maximum atomic E-state index is 6.22. The summed E-state index contributed by atoms with van der Waals surface area (Å²) in [5.41, 5.74) is 8.96. The standard InChI is InChI=1S/C17H25NO/c18-17-9-5-6-13-10-11-15(12-16(13)17)19-14-7-3-1-2-4-8-14/h10-12,14,17H,1-9,18H2/t17-/m0/s1. The summed E-state index contributed by atoms with van der Waals surface area (Å²) >= 11 is 0. The highest BCUT2D eigenvalue weighted by Crippen LogP contribution is 2.32. The first-order valence-corrected chi connectivity index (χ1v) is 7.88. The molecule has 0 radical (unpaired) electrons. The molecule has 1 atom stereocenters. The SMILES string of the molecule is N[C@H]1CCCc2ccc(OC3CCCCCC3)cc21. The maximum Gasteiger partial charge on any atom is 0.120 e. The predicted molar refractivity (Wildman–Crippen MR) is 78.4 cm³/mol. The number of nitrogens with two attached hydrogens (primary N) is 1. The Morgan fingerprint density at radius 3 is 2.53 bits per heavy atom. The summed E-state index contributed by atoms with van der Waals surface area (Å²) in [6.07, 6.45) is 11.7. The van der Waals surface area contributed by atoms with Crippen molar-refractivity contribution in [1.29, 1.82) is 0 Å². The van der Waals surface area contributed by atoms with Crippen LogP contribution in [0.2, 0.25) is 0 Å². The minimum absolute atomic E-state index is 0.210. The second-order valence-corrected chi connectivity index (χ2v) is 6.09. The van der Waals surface area contributed by atoms with E-state index in [4.69, 9.17) is 10.5 Å². The van der Waals surface area contributed by atoms with Gasteiger partial charge < -0.3 is 10.5 Å². The van der Waals surface area contributed by atoms with Crippen LogP contribution in [0.15, 0.2) is 18.2 Å². The van der Waals surface area contributed by atoms with Crippen molar-refractivity contribution in [2.24, 2.45) is 5.73 Å². The third kappa shape index (κ3) is 3.11. The van der Waals surface area contributed by atoms with Crippen molar-refractivity contribution in [2.45, 2.75) is 69.9 Å². The van der Waals surface area contributed by atoms with Crippen molar-refractivity contribution in [3.8, 4) is 5.75 Å². The lowest BCUT2D eigenvalue weighted by Gasteiger charge is -2.24. The van der Waals surface area contributed by atoms with Crippen LogP contribution in [-0.2, 0) is 6.42 Å². The van der Waals surface area contributed by atoms with Gasteiger partial charge in [-0.25, -0.2) is 0 Å². The molecule has 104 valence electrons. The molecule has 1 aromatic rings. The molecule has 0 amide bonds. The number of fused-ring (bicyclic) bond motifs is 1. The van der Waals surface area contributed by atoms with E-state index in [1.807, 2.05) is 0 Å². The first-order chi connectivity index (χ1) is 9.33. The minimum Gasteiger partial charge on any atom is -0.490 e. The molecule has 2 aliphatic rings. The molecule has 1 fully saturated rings. The normalized spacial score (nSPS) is 24.6. The average molecular weight is 259 g/mol. The Morgan fingerprint density at radius 1 is 0.947 bits per heavy atom. The highest BCUT2D eigenvalue weighted by atomic mass is 16.5. The number of aryl methyl sites for hydroxylation is 1. The molecule has 3 rings (SSSR count). The van der Waals surface area contributed by atoms with Crippen LogP contribution in [0.25, 0.3) is 0 Å². The van der Waals surface area contributed by atoms with E-state index in [1.54, 1.807) is 0 Å². The molecular formula is C17H25NO. The monoisotopic (exact) mass is 259 g/mol. The third-order valence-electron chi connectivity index (χ3n) is 4.58. The second kappa shape index (κ2) is 5.96. The molecule has 2 aliphatic carbocycles. The predicted octanol–water partition coefficient (Wildman–Crippen LogP) is 4.12. The second-order valence-electron chi connectivity index (χ2n) is 6.09. The molecule has 2 heteroatoms. The van der Waals surface area contributed by atoms with E-state index in [2.05, 4.69) is 18.2 Å². The summed E-state index contributed by atoms with van der Waals surface area (Å²) in [5, 5.41) is 0. The highest BCUT2D eigenvalue weighted by Gasteiger charge is 2.19. The fraction of sp³-hybridized carbons (Fsp3) is 0.647. The van der Waals surface area contributed by atoms with Crippen LogP contribution in [0.5, 0.6) is 5.75 Å². The van der Waals surface area contributed by atoms with Crippen LogP contribution in [0.1, 0.15) is 68.5 Å². The summed E-state index contributed by atoms with van der Waals surface area (Å²) in [6.45, 7) is 0. The zero-order valence-electron chi connectivity index (χ0n) is 11.7. The van der Waals surface area contributed by atoms with Gasteiger partial charge in [-0.1, -0.05) is 18.9 Å². The van der Waals surface area contributed by atoms with Crippen LogP contribution in [0.4, 0.5) is 0 Å². The zero-order chi connectivity index (χ0) is 13.1. The number of ether oxygens (including phenoxy) is 1. The molecule has 0 spiro atoms. The number of hydrogen-bond acceptors (Lipinski definition) is 2. The first-order valence-electron chi connectivity index (χ1n) is 7.88. The van der Waals surface area contributed by atoms with Crippen molar-refractivity contribution in [2.75, 3.05) is 0 Å². The van der Waals surface area contributed by atoms with Crippen LogP contribution in [0.3, 0.4) is 0 Å². The Labute approximate surface area is 116 Å². The van der Waals surface area contributed by atoms with Crippen molar-refractivity contribution >= 4 is 0 Å². The zero-order valence-corrected chi connectivity index (χ0v) is 11.7. The van der Waals surface area contributed by atoms with E-state index in [0.717, 1.165) is 12.2 Å². The minimum atomic E-state index is 0.210. The van der Waals surface area contributed by atoms with E-state index in [1.165, 1.54) is 62.5 Å². The average Bonchev–Trinajstić information content (AvgIpc) is 2.68. The molecule has 19 heavy (non-hydrogen) atoms. The van der Waals surface area contributed by atoms with Crippen molar-refractivity contribution in [3.05, 3.63) is 29.3 Å². The summed E-state index contributed by atoms with van der Waals surface area (Å²) in [5.74, 6) is 1.03. The summed E-state index contributed by atoms with van der Waals surface area (Å²) in [7, 11) is 0. The molecule has 0 aromatic heterocycles. The van der Waals surface area contributed by atoms with E-state index in [-0.39, 0.29) is 6.04 Å². The van der Waals surface area contributed by atoms with E-state index in [9.17, 15) is 0 Å². The molecular weight excluding hydrogens is 234 g/mol. The Morgan fingerprint density at radius 2 is 1.74 bits per heavy atom. The van der Waals surface area contributed by atoms with E-state index >= 15 is 0 Å². The Balaban J connectivity index is 1.72. The van der Waals surface area contributed by atoms with Crippen molar-refractivity contribution in [3.63, 3.8) is 0 Å². The van der Waals surface area contributed by atoms with Gasteiger partial charge >= 0.3 is 0 Å². The lowest BCUT2D eigenvalue weighted by atomic mass is 9.88.